The molecule has 1 aliphatic rings. The predicted octanol–water partition coefficient (Wildman–Crippen LogP) is 3.11. The van der Waals surface area contributed by atoms with Crippen molar-refractivity contribution in [3.8, 4) is 11.8 Å². The molecule has 1 rings (SSSR count). The van der Waals surface area contributed by atoms with Gasteiger partial charge in [-0.15, -0.1) is 0 Å². The van der Waals surface area contributed by atoms with Gasteiger partial charge in [0.1, 0.15) is 0 Å². The standard InChI is InChI=1S/C13H18O/c1-13(2,3)9-5-7-11-6-4-8-12(14)10-11/h10H,4,6-8H2,1-3H3. The van der Waals surface area contributed by atoms with Crippen LogP contribution in [-0.4, -0.2) is 5.78 Å². The molecule has 1 heteroatoms. The number of hydrogen-bond acceptors (Lipinski definition) is 1. The quantitative estimate of drug-likeness (QED) is 0.581. The maximum atomic E-state index is 11.1. The number of carbonyl (C=O) groups is 1. The van der Waals surface area contributed by atoms with Crippen molar-refractivity contribution in [1.82, 2.24) is 0 Å². The fourth-order valence-electron chi connectivity index (χ4n) is 1.42. The van der Waals surface area contributed by atoms with Crippen molar-refractivity contribution in [2.24, 2.45) is 5.41 Å². The molecule has 0 unspecified atom stereocenters. The largest absolute Gasteiger partial charge is 0.295 e. The van der Waals surface area contributed by atoms with Crippen LogP contribution in [0.5, 0.6) is 0 Å². The van der Waals surface area contributed by atoms with Gasteiger partial charge < -0.3 is 0 Å². The van der Waals surface area contributed by atoms with Gasteiger partial charge in [-0.3, -0.25) is 4.79 Å². The van der Waals surface area contributed by atoms with Crippen molar-refractivity contribution < 1.29 is 4.79 Å². The summed E-state index contributed by atoms with van der Waals surface area (Å²) in [6.45, 7) is 6.29. The number of ketones is 1. The van der Waals surface area contributed by atoms with Crippen molar-refractivity contribution in [3.63, 3.8) is 0 Å². The van der Waals surface area contributed by atoms with Crippen LogP contribution >= 0.6 is 0 Å². The number of hydrogen-bond donors (Lipinski definition) is 0. The van der Waals surface area contributed by atoms with Crippen molar-refractivity contribution in [2.75, 3.05) is 0 Å². The van der Waals surface area contributed by atoms with Crippen molar-refractivity contribution in [1.29, 1.82) is 0 Å². The zero-order chi connectivity index (χ0) is 10.6. The van der Waals surface area contributed by atoms with Crippen LogP contribution < -0.4 is 0 Å². The topological polar surface area (TPSA) is 17.1 Å². The monoisotopic (exact) mass is 190 g/mol. The van der Waals surface area contributed by atoms with E-state index >= 15 is 0 Å². The van der Waals surface area contributed by atoms with Crippen LogP contribution in [0.25, 0.3) is 0 Å². The van der Waals surface area contributed by atoms with Crippen LogP contribution in [0, 0.1) is 17.3 Å². The second-order valence-electron chi connectivity index (χ2n) is 4.85. The average Bonchev–Trinajstić information content (AvgIpc) is 2.01. The fourth-order valence-corrected chi connectivity index (χ4v) is 1.42. The highest BCUT2D eigenvalue weighted by Crippen LogP contribution is 2.18. The first-order chi connectivity index (χ1) is 6.47. The van der Waals surface area contributed by atoms with E-state index in [2.05, 4.69) is 32.6 Å². The molecule has 1 aliphatic carbocycles. The molecule has 0 amide bonds. The van der Waals surface area contributed by atoms with E-state index in [1.54, 1.807) is 6.08 Å². The van der Waals surface area contributed by atoms with Crippen LogP contribution in [-0.2, 0) is 4.79 Å². The third-order valence-corrected chi connectivity index (χ3v) is 2.07. The Hall–Kier alpha value is -1.03. The van der Waals surface area contributed by atoms with Gasteiger partial charge >= 0.3 is 0 Å². The van der Waals surface area contributed by atoms with Crippen LogP contribution in [0.15, 0.2) is 11.6 Å². The Bertz CT molecular complexity index is 304. The second-order valence-corrected chi connectivity index (χ2v) is 4.85. The van der Waals surface area contributed by atoms with Crippen molar-refractivity contribution in [3.05, 3.63) is 11.6 Å². The molecule has 0 saturated heterocycles. The summed E-state index contributed by atoms with van der Waals surface area (Å²) in [5.74, 6) is 6.59. The zero-order valence-corrected chi connectivity index (χ0v) is 9.31. The summed E-state index contributed by atoms with van der Waals surface area (Å²) in [5.41, 5.74) is 1.28. The first-order valence-corrected chi connectivity index (χ1v) is 5.20. The first-order valence-electron chi connectivity index (χ1n) is 5.20. The molecule has 0 radical (unpaired) electrons. The van der Waals surface area contributed by atoms with Gasteiger partial charge in [-0.1, -0.05) is 17.4 Å². The van der Waals surface area contributed by atoms with Gasteiger partial charge in [0, 0.05) is 18.3 Å². The summed E-state index contributed by atoms with van der Waals surface area (Å²) < 4.78 is 0. The zero-order valence-electron chi connectivity index (χ0n) is 9.31. The Morgan fingerprint density at radius 3 is 2.64 bits per heavy atom. The third-order valence-electron chi connectivity index (χ3n) is 2.07. The lowest BCUT2D eigenvalue weighted by molar-refractivity contribution is -0.115. The number of allylic oxidation sites excluding steroid dienone is 2. The van der Waals surface area contributed by atoms with Gasteiger partial charge in [-0.25, -0.2) is 0 Å². The van der Waals surface area contributed by atoms with Crippen molar-refractivity contribution >= 4 is 5.78 Å². The molecule has 0 saturated carbocycles. The Morgan fingerprint density at radius 1 is 1.36 bits per heavy atom. The Labute approximate surface area is 86.6 Å². The third kappa shape index (κ3) is 4.28. The van der Waals surface area contributed by atoms with Crippen LogP contribution in [0.4, 0.5) is 0 Å². The van der Waals surface area contributed by atoms with E-state index in [9.17, 15) is 4.79 Å². The number of carbonyl (C=O) groups excluding carboxylic acids is 1. The minimum atomic E-state index is 0.0687. The first kappa shape index (κ1) is 11.0. The molecular formula is C13H18O. The van der Waals surface area contributed by atoms with E-state index in [1.165, 1.54) is 5.57 Å². The molecule has 0 aromatic rings. The molecule has 0 bridgehead atoms. The van der Waals surface area contributed by atoms with E-state index in [0.29, 0.717) is 0 Å². The molecular weight excluding hydrogens is 172 g/mol. The molecule has 0 aromatic carbocycles. The minimum absolute atomic E-state index is 0.0687. The van der Waals surface area contributed by atoms with Gasteiger partial charge in [0.25, 0.3) is 0 Å². The van der Waals surface area contributed by atoms with Crippen molar-refractivity contribution in [2.45, 2.75) is 46.5 Å². The summed E-state index contributed by atoms with van der Waals surface area (Å²) in [5, 5.41) is 0. The van der Waals surface area contributed by atoms with Gasteiger partial charge in [0.05, 0.1) is 0 Å². The molecule has 0 atom stereocenters. The second kappa shape index (κ2) is 4.46. The predicted molar refractivity (Wildman–Crippen MR) is 58.8 cm³/mol. The summed E-state index contributed by atoms with van der Waals surface area (Å²) in [6.07, 6.45) is 5.31. The van der Waals surface area contributed by atoms with E-state index in [0.717, 1.165) is 25.7 Å². The minimum Gasteiger partial charge on any atom is -0.295 e. The smallest absolute Gasteiger partial charge is 0.155 e. The highest BCUT2D eigenvalue weighted by Gasteiger charge is 2.08. The normalized spacial score (nSPS) is 17.1. The maximum absolute atomic E-state index is 11.1. The van der Waals surface area contributed by atoms with E-state index < -0.39 is 0 Å². The summed E-state index contributed by atoms with van der Waals surface area (Å²) in [4.78, 5) is 11.1. The Balaban J connectivity index is 2.52. The van der Waals surface area contributed by atoms with E-state index in [-0.39, 0.29) is 11.2 Å². The van der Waals surface area contributed by atoms with Gasteiger partial charge in [0.2, 0.25) is 0 Å². The lowest BCUT2D eigenvalue weighted by Gasteiger charge is -2.10. The molecule has 0 fully saturated rings. The fraction of sp³-hybridized carbons (Fsp3) is 0.615. The van der Waals surface area contributed by atoms with E-state index in [4.69, 9.17) is 0 Å². The molecule has 1 nitrogen and oxygen atoms in total. The van der Waals surface area contributed by atoms with E-state index in [1.807, 2.05) is 0 Å². The van der Waals surface area contributed by atoms with Crippen LogP contribution in [0.3, 0.4) is 0 Å². The summed E-state index contributed by atoms with van der Waals surface area (Å²) in [7, 11) is 0. The van der Waals surface area contributed by atoms with Gasteiger partial charge in [0.15, 0.2) is 5.78 Å². The molecule has 0 spiro atoms. The molecule has 76 valence electrons. The van der Waals surface area contributed by atoms with Crippen LogP contribution in [0.2, 0.25) is 0 Å². The van der Waals surface area contributed by atoms with Gasteiger partial charge in [-0.05, 0) is 39.7 Å². The number of rotatable bonds is 1. The Kier molecular flexibility index (Phi) is 3.52. The highest BCUT2D eigenvalue weighted by molar-refractivity contribution is 5.91. The summed E-state index contributed by atoms with van der Waals surface area (Å²) in [6, 6.07) is 0. The lowest BCUT2D eigenvalue weighted by Crippen LogP contribution is -2.03. The Morgan fingerprint density at radius 2 is 2.07 bits per heavy atom. The highest BCUT2D eigenvalue weighted by atomic mass is 16.1. The molecule has 14 heavy (non-hydrogen) atoms. The lowest BCUT2D eigenvalue weighted by atomic mass is 9.94. The molecule has 0 N–H and O–H groups in total. The van der Waals surface area contributed by atoms with Gasteiger partial charge in [-0.2, -0.15) is 0 Å². The van der Waals surface area contributed by atoms with Crippen LogP contribution in [0.1, 0.15) is 46.5 Å². The molecule has 0 heterocycles. The molecule has 0 aromatic heterocycles. The molecule has 0 aliphatic heterocycles. The summed E-state index contributed by atoms with van der Waals surface area (Å²) >= 11 is 0. The SMILES string of the molecule is CC(C)(C)C#CCC1=CC(=O)CCC1. The maximum Gasteiger partial charge on any atom is 0.155 e. The average molecular weight is 190 g/mol.